The Kier molecular flexibility index (Phi) is 5.88. The number of carbonyl (C=O) groups is 4. The van der Waals surface area contributed by atoms with Crippen LogP contribution in [0.25, 0.3) is 0 Å². The standard InChI is InChI=1S/C26H19N3O8/c1-36-22-13-17(29(34)35)8-11-21(22)27-14-15(12-23(27)30)26(33)37-18-9-6-16(7-10-18)28-24(31)19-4-2-3-5-20(19)25(28)32/h2-11,13,15H,12,14H2,1H3/t15-/m1/s1. The van der Waals surface area contributed by atoms with E-state index in [1.54, 1.807) is 24.3 Å². The predicted molar refractivity (Wildman–Crippen MR) is 130 cm³/mol. The third-order valence-electron chi connectivity index (χ3n) is 6.23. The maximum absolute atomic E-state index is 12.8. The molecule has 3 aromatic rings. The molecule has 0 spiro atoms. The van der Waals surface area contributed by atoms with Gasteiger partial charge in [-0.2, -0.15) is 0 Å². The van der Waals surface area contributed by atoms with E-state index in [1.165, 1.54) is 54.5 Å². The summed E-state index contributed by atoms with van der Waals surface area (Å²) in [6.07, 6.45) is -0.105. The van der Waals surface area contributed by atoms with Crippen LogP contribution in [-0.2, 0) is 9.59 Å². The normalized spacial score (nSPS) is 16.7. The Morgan fingerprint density at radius 3 is 2.22 bits per heavy atom. The van der Waals surface area contributed by atoms with Crippen molar-refractivity contribution in [3.8, 4) is 11.5 Å². The molecule has 5 rings (SSSR count). The summed E-state index contributed by atoms with van der Waals surface area (Å²) in [4.78, 5) is 63.6. The Morgan fingerprint density at radius 2 is 1.62 bits per heavy atom. The molecule has 1 fully saturated rings. The van der Waals surface area contributed by atoms with Gasteiger partial charge in [-0.3, -0.25) is 29.3 Å². The number of rotatable bonds is 6. The molecule has 0 unspecified atom stereocenters. The number of amides is 3. The van der Waals surface area contributed by atoms with Gasteiger partial charge >= 0.3 is 5.97 Å². The summed E-state index contributed by atoms with van der Waals surface area (Å²) in [5.41, 5.74) is 1.11. The summed E-state index contributed by atoms with van der Waals surface area (Å²) in [6, 6.07) is 16.3. The summed E-state index contributed by atoms with van der Waals surface area (Å²) >= 11 is 0. The van der Waals surface area contributed by atoms with E-state index in [1.807, 2.05) is 0 Å². The maximum Gasteiger partial charge on any atom is 0.316 e. The van der Waals surface area contributed by atoms with Crippen LogP contribution >= 0.6 is 0 Å². The second-order valence-corrected chi connectivity index (χ2v) is 8.42. The molecule has 0 bridgehead atoms. The van der Waals surface area contributed by atoms with Crippen molar-refractivity contribution in [3.63, 3.8) is 0 Å². The highest BCUT2D eigenvalue weighted by molar-refractivity contribution is 6.34. The van der Waals surface area contributed by atoms with Gasteiger partial charge in [0.2, 0.25) is 5.91 Å². The number of methoxy groups -OCH3 is 1. The zero-order chi connectivity index (χ0) is 26.3. The summed E-state index contributed by atoms with van der Waals surface area (Å²) in [7, 11) is 1.33. The molecular weight excluding hydrogens is 482 g/mol. The number of imide groups is 1. The Labute approximate surface area is 209 Å². The number of nitrogens with zero attached hydrogens (tertiary/aromatic N) is 3. The number of hydrogen-bond donors (Lipinski definition) is 0. The van der Waals surface area contributed by atoms with Gasteiger partial charge in [-0.25, -0.2) is 4.90 Å². The molecule has 0 radical (unpaired) electrons. The molecule has 0 N–H and O–H groups in total. The molecule has 3 amide bonds. The first-order valence-electron chi connectivity index (χ1n) is 11.2. The van der Waals surface area contributed by atoms with Gasteiger partial charge in [0.1, 0.15) is 11.5 Å². The van der Waals surface area contributed by atoms with Crippen LogP contribution in [0.5, 0.6) is 11.5 Å². The van der Waals surface area contributed by atoms with E-state index < -0.39 is 28.6 Å². The van der Waals surface area contributed by atoms with Crippen LogP contribution in [-0.4, -0.2) is 42.3 Å². The van der Waals surface area contributed by atoms with Crippen molar-refractivity contribution in [3.05, 3.63) is 88.0 Å². The summed E-state index contributed by atoms with van der Waals surface area (Å²) < 4.78 is 10.7. The summed E-state index contributed by atoms with van der Waals surface area (Å²) in [6.45, 7) is 0.0129. The number of benzene rings is 3. The second kappa shape index (κ2) is 9.19. The molecule has 0 aliphatic carbocycles. The first-order valence-corrected chi connectivity index (χ1v) is 11.2. The lowest BCUT2D eigenvalue weighted by Gasteiger charge is -2.19. The van der Waals surface area contributed by atoms with Gasteiger partial charge < -0.3 is 14.4 Å². The fourth-order valence-electron chi connectivity index (χ4n) is 4.39. The van der Waals surface area contributed by atoms with E-state index in [0.717, 1.165) is 4.90 Å². The van der Waals surface area contributed by atoms with Gasteiger partial charge in [-0.15, -0.1) is 0 Å². The first-order chi connectivity index (χ1) is 17.8. The number of anilines is 2. The maximum atomic E-state index is 12.8. The van der Waals surface area contributed by atoms with Crippen LogP contribution in [0.2, 0.25) is 0 Å². The lowest BCUT2D eigenvalue weighted by atomic mass is 10.1. The SMILES string of the molecule is COc1cc([N+](=O)[O-])ccc1N1C[C@H](C(=O)Oc2ccc(N3C(=O)c4ccccc4C3=O)cc2)CC1=O. The van der Waals surface area contributed by atoms with E-state index in [9.17, 15) is 29.3 Å². The van der Waals surface area contributed by atoms with Crippen molar-refractivity contribution in [2.24, 2.45) is 5.92 Å². The van der Waals surface area contributed by atoms with E-state index >= 15 is 0 Å². The number of non-ortho nitro benzene ring substituents is 1. The molecule has 2 heterocycles. The van der Waals surface area contributed by atoms with Gasteiger partial charge in [-0.1, -0.05) is 12.1 Å². The van der Waals surface area contributed by atoms with Crippen LogP contribution in [0.1, 0.15) is 27.1 Å². The zero-order valence-electron chi connectivity index (χ0n) is 19.5. The van der Waals surface area contributed by atoms with Crippen molar-refractivity contribution in [2.75, 3.05) is 23.5 Å². The number of nitro benzene ring substituents is 1. The monoisotopic (exact) mass is 501 g/mol. The lowest BCUT2D eigenvalue weighted by molar-refractivity contribution is -0.384. The molecule has 0 saturated carbocycles. The van der Waals surface area contributed by atoms with Crippen LogP contribution in [0.4, 0.5) is 17.1 Å². The molecule has 186 valence electrons. The summed E-state index contributed by atoms with van der Waals surface area (Å²) in [5, 5.41) is 11.0. The molecule has 1 saturated heterocycles. The minimum absolute atomic E-state index is 0.0129. The molecular formula is C26H19N3O8. The number of carbonyl (C=O) groups excluding carboxylic acids is 4. The van der Waals surface area contributed by atoms with Crippen molar-refractivity contribution < 1.29 is 33.6 Å². The van der Waals surface area contributed by atoms with Crippen molar-refractivity contribution in [1.82, 2.24) is 0 Å². The lowest BCUT2D eigenvalue weighted by Crippen LogP contribution is -2.29. The van der Waals surface area contributed by atoms with E-state index in [2.05, 4.69) is 0 Å². The van der Waals surface area contributed by atoms with Gasteiger partial charge in [0.25, 0.3) is 17.5 Å². The smallest absolute Gasteiger partial charge is 0.316 e. The number of ether oxygens (including phenoxy) is 2. The van der Waals surface area contributed by atoms with Crippen LogP contribution in [0.15, 0.2) is 66.7 Å². The fraction of sp³-hybridized carbons (Fsp3) is 0.154. The Balaban J connectivity index is 1.27. The highest BCUT2D eigenvalue weighted by Crippen LogP contribution is 2.36. The Morgan fingerprint density at radius 1 is 0.973 bits per heavy atom. The molecule has 37 heavy (non-hydrogen) atoms. The summed E-state index contributed by atoms with van der Waals surface area (Å²) in [5.74, 6) is -2.30. The Hall–Kier alpha value is -5.06. The first kappa shape index (κ1) is 23.7. The quantitative estimate of drug-likeness (QED) is 0.165. The largest absolute Gasteiger partial charge is 0.494 e. The average Bonchev–Trinajstić information content (AvgIpc) is 3.41. The van der Waals surface area contributed by atoms with E-state index in [4.69, 9.17) is 9.47 Å². The van der Waals surface area contributed by atoms with Crippen LogP contribution in [0.3, 0.4) is 0 Å². The molecule has 11 heteroatoms. The van der Waals surface area contributed by atoms with Gasteiger partial charge in [-0.05, 0) is 42.5 Å². The molecule has 1 atom stereocenters. The minimum atomic E-state index is -0.775. The molecule has 11 nitrogen and oxygen atoms in total. The Bertz CT molecular complexity index is 1430. The predicted octanol–water partition coefficient (Wildman–Crippen LogP) is 3.36. The van der Waals surface area contributed by atoms with Gasteiger partial charge in [0.05, 0.1) is 46.5 Å². The highest BCUT2D eigenvalue weighted by Gasteiger charge is 2.38. The van der Waals surface area contributed by atoms with Crippen molar-refractivity contribution >= 4 is 40.8 Å². The van der Waals surface area contributed by atoms with E-state index in [-0.39, 0.29) is 36.1 Å². The highest BCUT2D eigenvalue weighted by atomic mass is 16.6. The fourth-order valence-corrected chi connectivity index (χ4v) is 4.39. The average molecular weight is 501 g/mol. The van der Waals surface area contributed by atoms with Crippen molar-refractivity contribution in [2.45, 2.75) is 6.42 Å². The molecule has 2 aliphatic rings. The van der Waals surface area contributed by atoms with Crippen LogP contribution < -0.4 is 19.3 Å². The van der Waals surface area contributed by atoms with Crippen molar-refractivity contribution in [1.29, 1.82) is 0 Å². The number of nitro groups is 1. The number of hydrogen-bond acceptors (Lipinski definition) is 8. The number of esters is 1. The second-order valence-electron chi connectivity index (χ2n) is 8.42. The van der Waals surface area contributed by atoms with Gasteiger partial charge in [0, 0.05) is 19.0 Å². The topological polar surface area (TPSA) is 136 Å². The van der Waals surface area contributed by atoms with Gasteiger partial charge in [0.15, 0.2) is 0 Å². The van der Waals surface area contributed by atoms with Crippen LogP contribution in [0, 0.1) is 16.0 Å². The third kappa shape index (κ3) is 4.16. The molecule has 2 aliphatic heterocycles. The van der Waals surface area contributed by atoms with E-state index in [0.29, 0.717) is 22.5 Å². The zero-order valence-corrected chi connectivity index (χ0v) is 19.5. The molecule has 0 aromatic heterocycles. The molecule has 3 aromatic carbocycles. The number of fused-ring (bicyclic) bond motifs is 1. The minimum Gasteiger partial charge on any atom is -0.494 e. The third-order valence-corrected chi connectivity index (χ3v) is 6.23.